The third-order valence-corrected chi connectivity index (χ3v) is 3.26. The van der Waals surface area contributed by atoms with Crippen molar-refractivity contribution in [2.75, 3.05) is 0 Å². The highest BCUT2D eigenvalue weighted by Gasteiger charge is 2.30. The Morgan fingerprint density at radius 1 is 1.40 bits per heavy atom. The van der Waals surface area contributed by atoms with E-state index in [1.165, 1.54) is 6.42 Å². The van der Waals surface area contributed by atoms with Gasteiger partial charge in [0, 0.05) is 6.04 Å². The predicted octanol–water partition coefficient (Wildman–Crippen LogP) is 1.66. The fourth-order valence-corrected chi connectivity index (χ4v) is 2.02. The lowest BCUT2D eigenvalue weighted by molar-refractivity contribution is -0.125. The van der Waals surface area contributed by atoms with Crippen LogP contribution in [0, 0.1) is 11.3 Å². The molecule has 0 aliphatic heterocycles. The highest BCUT2D eigenvalue weighted by Crippen LogP contribution is 2.25. The molecule has 0 aromatic rings. The van der Waals surface area contributed by atoms with Crippen molar-refractivity contribution in [3.05, 3.63) is 0 Å². The molecule has 0 saturated heterocycles. The van der Waals surface area contributed by atoms with E-state index in [1.807, 2.05) is 20.8 Å². The van der Waals surface area contributed by atoms with Gasteiger partial charge in [-0.3, -0.25) is 4.79 Å². The second kappa shape index (κ2) is 4.52. The van der Waals surface area contributed by atoms with Crippen LogP contribution < -0.4 is 11.1 Å². The van der Waals surface area contributed by atoms with Gasteiger partial charge in [-0.05, 0) is 30.6 Å². The Balaban J connectivity index is 2.42. The number of hydrogen-bond donors (Lipinski definition) is 2. The molecule has 0 radical (unpaired) electrons. The number of amides is 1. The zero-order valence-corrected chi connectivity index (χ0v) is 10.3. The van der Waals surface area contributed by atoms with Crippen LogP contribution in [-0.2, 0) is 4.79 Å². The summed E-state index contributed by atoms with van der Waals surface area (Å²) in [5.74, 6) is 0.739. The normalized spacial score (nSPS) is 28.9. The monoisotopic (exact) mass is 212 g/mol. The summed E-state index contributed by atoms with van der Waals surface area (Å²) >= 11 is 0. The van der Waals surface area contributed by atoms with Crippen molar-refractivity contribution < 1.29 is 4.79 Å². The molecule has 0 spiro atoms. The number of hydrogen-bond acceptors (Lipinski definition) is 2. The minimum Gasteiger partial charge on any atom is -0.352 e. The second-order valence-electron chi connectivity index (χ2n) is 5.97. The number of carbonyl (C=O) groups excluding carboxylic acids is 1. The Bertz CT molecular complexity index is 232. The van der Waals surface area contributed by atoms with E-state index >= 15 is 0 Å². The van der Waals surface area contributed by atoms with E-state index in [1.54, 1.807) is 0 Å². The third-order valence-electron chi connectivity index (χ3n) is 3.26. The van der Waals surface area contributed by atoms with Crippen LogP contribution in [0.2, 0.25) is 0 Å². The predicted molar refractivity (Wildman–Crippen MR) is 62.4 cm³/mol. The standard InChI is InChI=1S/C12H24N2O/c1-8-5-6-9(7-8)14-11(15)10(13)12(2,3)4/h8-10H,5-7,13H2,1-4H3,(H,14,15). The van der Waals surface area contributed by atoms with Gasteiger partial charge in [-0.15, -0.1) is 0 Å². The molecular formula is C12H24N2O. The molecule has 3 N–H and O–H groups in total. The number of carbonyl (C=O) groups is 1. The minimum atomic E-state index is -0.409. The maximum atomic E-state index is 11.8. The van der Waals surface area contributed by atoms with Crippen molar-refractivity contribution >= 4 is 5.91 Å². The second-order valence-corrected chi connectivity index (χ2v) is 5.97. The van der Waals surface area contributed by atoms with E-state index in [0.29, 0.717) is 6.04 Å². The molecule has 0 heterocycles. The zero-order valence-electron chi connectivity index (χ0n) is 10.3. The van der Waals surface area contributed by atoms with Crippen LogP contribution in [0.4, 0.5) is 0 Å². The summed E-state index contributed by atoms with van der Waals surface area (Å²) in [4.78, 5) is 11.8. The molecule has 1 rings (SSSR count). The van der Waals surface area contributed by atoms with Gasteiger partial charge in [0.25, 0.3) is 0 Å². The molecule has 15 heavy (non-hydrogen) atoms. The van der Waals surface area contributed by atoms with Crippen LogP contribution in [0.15, 0.2) is 0 Å². The van der Waals surface area contributed by atoms with Crippen LogP contribution >= 0.6 is 0 Å². The Kier molecular flexibility index (Phi) is 3.77. The Morgan fingerprint density at radius 2 is 2.00 bits per heavy atom. The molecule has 1 fully saturated rings. The van der Waals surface area contributed by atoms with E-state index in [-0.39, 0.29) is 11.3 Å². The first-order valence-electron chi connectivity index (χ1n) is 5.86. The van der Waals surface area contributed by atoms with Gasteiger partial charge in [0.05, 0.1) is 6.04 Å². The highest BCUT2D eigenvalue weighted by atomic mass is 16.2. The van der Waals surface area contributed by atoms with Gasteiger partial charge in [0.2, 0.25) is 5.91 Å². The highest BCUT2D eigenvalue weighted by molar-refractivity contribution is 5.82. The molecular weight excluding hydrogens is 188 g/mol. The molecule has 1 saturated carbocycles. The lowest BCUT2D eigenvalue weighted by Gasteiger charge is -2.27. The molecule has 3 unspecified atom stereocenters. The molecule has 1 aliphatic carbocycles. The maximum Gasteiger partial charge on any atom is 0.237 e. The summed E-state index contributed by atoms with van der Waals surface area (Å²) in [6, 6.07) is -0.0608. The fraction of sp³-hybridized carbons (Fsp3) is 0.917. The lowest BCUT2D eigenvalue weighted by Crippen LogP contribution is -2.50. The largest absolute Gasteiger partial charge is 0.352 e. The molecule has 1 amide bonds. The third kappa shape index (κ3) is 3.49. The molecule has 0 aromatic carbocycles. The van der Waals surface area contributed by atoms with Crippen molar-refractivity contribution in [1.29, 1.82) is 0 Å². The Hall–Kier alpha value is -0.570. The van der Waals surface area contributed by atoms with E-state index < -0.39 is 6.04 Å². The summed E-state index contributed by atoms with van der Waals surface area (Å²) < 4.78 is 0. The molecule has 3 heteroatoms. The summed E-state index contributed by atoms with van der Waals surface area (Å²) in [6.45, 7) is 8.22. The summed E-state index contributed by atoms with van der Waals surface area (Å²) in [6.07, 6.45) is 3.42. The molecule has 3 atom stereocenters. The van der Waals surface area contributed by atoms with Crippen molar-refractivity contribution in [3.63, 3.8) is 0 Å². The zero-order chi connectivity index (χ0) is 11.6. The van der Waals surface area contributed by atoms with Gasteiger partial charge in [0.1, 0.15) is 0 Å². The number of rotatable bonds is 2. The van der Waals surface area contributed by atoms with Crippen molar-refractivity contribution in [2.45, 2.75) is 59.0 Å². The Morgan fingerprint density at radius 3 is 2.40 bits per heavy atom. The summed E-state index contributed by atoms with van der Waals surface area (Å²) in [5, 5.41) is 3.05. The van der Waals surface area contributed by atoms with Gasteiger partial charge in [-0.25, -0.2) is 0 Å². The van der Waals surface area contributed by atoms with Gasteiger partial charge in [-0.1, -0.05) is 27.7 Å². The van der Waals surface area contributed by atoms with E-state index in [2.05, 4.69) is 12.2 Å². The van der Waals surface area contributed by atoms with Crippen LogP contribution in [0.25, 0.3) is 0 Å². The molecule has 0 bridgehead atoms. The lowest BCUT2D eigenvalue weighted by atomic mass is 9.87. The van der Waals surface area contributed by atoms with Gasteiger partial charge in [-0.2, -0.15) is 0 Å². The van der Waals surface area contributed by atoms with Gasteiger partial charge in [0.15, 0.2) is 0 Å². The molecule has 88 valence electrons. The van der Waals surface area contributed by atoms with Crippen molar-refractivity contribution in [1.82, 2.24) is 5.32 Å². The van der Waals surface area contributed by atoms with Gasteiger partial charge < -0.3 is 11.1 Å². The molecule has 1 aliphatic rings. The van der Waals surface area contributed by atoms with Crippen LogP contribution in [0.1, 0.15) is 47.0 Å². The van der Waals surface area contributed by atoms with Crippen LogP contribution in [0.3, 0.4) is 0 Å². The van der Waals surface area contributed by atoms with Crippen molar-refractivity contribution in [2.24, 2.45) is 17.1 Å². The average Bonchev–Trinajstić information content (AvgIpc) is 2.48. The first kappa shape index (κ1) is 12.5. The fourth-order valence-electron chi connectivity index (χ4n) is 2.02. The summed E-state index contributed by atoms with van der Waals surface area (Å²) in [5.41, 5.74) is 5.74. The van der Waals surface area contributed by atoms with E-state index in [9.17, 15) is 4.79 Å². The number of nitrogens with one attached hydrogen (secondary N) is 1. The quantitative estimate of drug-likeness (QED) is 0.731. The SMILES string of the molecule is CC1CCC(NC(=O)C(N)C(C)(C)C)C1. The topological polar surface area (TPSA) is 55.1 Å². The maximum absolute atomic E-state index is 11.8. The van der Waals surface area contributed by atoms with E-state index in [0.717, 1.165) is 18.8 Å². The number of nitrogens with two attached hydrogens (primary N) is 1. The first-order chi connectivity index (χ1) is 6.80. The van der Waals surface area contributed by atoms with Crippen LogP contribution in [-0.4, -0.2) is 18.0 Å². The minimum absolute atomic E-state index is 0.00148. The summed E-state index contributed by atoms with van der Waals surface area (Å²) in [7, 11) is 0. The van der Waals surface area contributed by atoms with Crippen molar-refractivity contribution in [3.8, 4) is 0 Å². The molecule has 3 nitrogen and oxygen atoms in total. The van der Waals surface area contributed by atoms with Gasteiger partial charge >= 0.3 is 0 Å². The van der Waals surface area contributed by atoms with Crippen LogP contribution in [0.5, 0.6) is 0 Å². The smallest absolute Gasteiger partial charge is 0.237 e. The average molecular weight is 212 g/mol. The Labute approximate surface area is 92.8 Å². The first-order valence-corrected chi connectivity index (χ1v) is 5.86. The molecule has 0 aromatic heterocycles. The van der Waals surface area contributed by atoms with E-state index in [4.69, 9.17) is 5.73 Å².